The first-order chi connectivity index (χ1) is 8.47. The van der Waals surface area contributed by atoms with Crippen molar-refractivity contribution < 1.29 is 20.2 Å². The summed E-state index contributed by atoms with van der Waals surface area (Å²) in [6.45, 7) is 1.75. The quantitative estimate of drug-likeness (QED) is 0.229. The summed E-state index contributed by atoms with van der Waals surface area (Å²) in [5, 5.41) is 32.4. The van der Waals surface area contributed by atoms with Gasteiger partial charge in [-0.2, -0.15) is 0 Å². The zero-order chi connectivity index (χ0) is 13.7. The van der Waals surface area contributed by atoms with Gasteiger partial charge in [-0.25, -0.2) is 0 Å². The van der Waals surface area contributed by atoms with E-state index in [-0.39, 0.29) is 22.9 Å². The number of nitrogens with two attached hydrogens (primary N) is 1. The Morgan fingerprint density at radius 3 is 2.39 bits per heavy atom. The van der Waals surface area contributed by atoms with Crippen molar-refractivity contribution in [3.05, 3.63) is 23.8 Å². The molecule has 0 spiro atoms. The van der Waals surface area contributed by atoms with E-state index in [1.165, 1.54) is 12.1 Å². The molecule has 7 heteroatoms. The molecule has 6 N–H and O–H groups in total. The zero-order valence-corrected chi connectivity index (χ0v) is 9.79. The van der Waals surface area contributed by atoms with Crippen molar-refractivity contribution in [1.82, 2.24) is 5.32 Å². The van der Waals surface area contributed by atoms with Crippen LogP contribution in [0.1, 0.15) is 23.7 Å². The lowest BCUT2D eigenvalue weighted by molar-refractivity contribution is 0.0944. The van der Waals surface area contributed by atoms with E-state index in [2.05, 4.69) is 10.5 Å². The molecule has 0 aromatic heterocycles. The maximum absolute atomic E-state index is 11.8. The lowest BCUT2D eigenvalue weighted by Gasteiger charge is -2.15. The van der Waals surface area contributed by atoms with Crippen molar-refractivity contribution in [2.75, 3.05) is 0 Å². The van der Waals surface area contributed by atoms with Gasteiger partial charge in [0, 0.05) is 11.6 Å². The third-order valence-corrected chi connectivity index (χ3v) is 2.35. The molecule has 0 aliphatic carbocycles. The normalized spacial score (nSPS) is 13.1. The molecule has 1 aromatic rings. The molecule has 1 unspecified atom stereocenters. The number of phenols is 2. The van der Waals surface area contributed by atoms with Gasteiger partial charge in [-0.15, -0.1) is 0 Å². The van der Waals surface area contributed by atoms with E-state index in [1.54, 1.807) is 6.92 Å². The maximum atomic E-state index is 11.8. The molecule has 18 heavy (non-hydrogen) atoms. The molecule has 1 rings (SSSR count). The topological polar surface area (TPSA) is 128 Å². The number of nitrogens with one attached hydrogen (secondary N) is 1. The monoisotopic (exact) mass is 253 g/mol. The Balaban J connectivity index is 2.87. The largest absolute Gasteiger partial charge is 0.508 e. The van der Waals surface area contributed by atoms with E-state index in [0.29, 0.717) is 6.42 Å². The van der Waals surface area contributed by atoms with Gasteiger partial charge in [0.15, 0.2) is 5.84 Å². The molecule has 98 valence electrons. The number of oxime groups is 1. The van der Waals surface area contributed by atoms with Crippen molar-refractivity contribution in [3.63, 3.8) is 0 Å². The summed E-state index contributed by atoms with van der Waals surface area (Å²) in [4.78, 5) is 11.8. The molecule has 0 aliphatic rings. The van der Waals surface area contributed by atoms with Gasteiger partial charge in [-0.1, -0.05) is 12.1 Å². The Hall–Kier alpha value is -2.44. The van der Waals surface area contributed by atoms with Crippen LogP contribution in [0.4, 0.5) is 0 Å². The highest BCUT2D eigenvalue weighted by Crippen LogP contribution is 2.20. The highest BCUT2D eigenvalue weighted by atomic mass is 16.4. The molecule has 1 atom stereocenters. The molecule has 0 saturated heterocycles. The van der Waals surface area contributed by atoms with Gasteiger partial charge in [-0.05, 0) is 18.6 Å². The summed E-state index contributed by atoms with van der Waals surface area (Å²) in [6, 6.07) is 2.90. The number of amidine groups is 1. The van der Waals surface area contributed by atoms with Gasteiger partial charge in [-0.3, -0.25) is 4.79 Å². The van der Waals surface area contributed by atoms with E-state index in [1.807, 2.05) is 0 Å². The first-order valence-corrected chi connectivity index (χ1v) is 5.29. The number of rotatable bonds is 4. The standard InChI is InChI=1S/C11H15N3O4/c1-2-9(10(12)14-18)13-11(17)6-3-7(15)5-8(16)4-6/h3-5,9,15-16,18H,2H2,1H3,(H2,12,14)(H,13,17). The molecule has 1 aromatic carbocycles. The lowest BCUT2D eigenvalue weighted by atomic mass is 10.1. The van der Waals surface area contributed by atoms with Crippen LogP contribution in [0.15, 0.2) is 23.4 Å². The van der Waals surface area contributed by atoms with Crippen LogP contribution >= 0.6 is 0 Å². The summed E-state index contributed by atoms with van der Waals surface area (Å²) >= 11 is 0. The number of hydrogen-bond acceptors (Lipinski definition) is 5. The minimum Gasteiger partial charge on any atom is -0.508 e. The van der Waals surface area contributed by atoms with Crippen LogP contribution in [0.25, 0.3) is 0 Å². The molecule has 7 nitrogen and oxygen atoms in total. The van der Waals surface area contributed by atoms with Crippen LogP contribution in [-0.4, -0.2) is 33.2 Å². The Bertz CT molecular complexity index is 453. The van der Waals surface area contributed by atoms with Crippen molar-refractivity contribution >= 4 is 11.7 Å². The second-order valence-corrected chi connectivity index (χ2v) is 3.70. The predicted octanol–water partition coefficient (Wildman–Crippen LogP) is 0.353. The Morgan fingerprint density at radius 2 is 1.94 bits per heavy atom. The molecule has 0 aliphatic heterocycles. The number of amides is 1. The van der Waals surface area contributed by atoms with Crippen LogP contribution in [0.3, 0.4) is 0 Å². The summed E-state index contributed by atoms with van der Waals surface area (Å²) in [5.41, 5.74) is 5.48. The number of carbonyl (C=O) groups excluding carboxylic acids is 1. The smallest absolute Gasteiger partial charge is 0.252 e. The average Bonchev–Trinajstić information content (AvgIpc) is 2.33. The number of phenolic OH excluding ortho intramolecular Hbond substituents is 2. The molecule has 0 saturated carbocycles. The SMILES string of the molecule is CCC(NC(=O)c1cc(O)cc(O)c1)/C(N)=N/O. The van der Waals surface area contributed by atoms with Crippen molar-refractivity contribution in [3.8, 4) is 11.5 Å². The van der Waals surface area contributed by atoms with Crippen LogP contribution in [-0.2, 0) is 0 Å². The number of aromatic hydroxyl groups is 2. The number of benzene rings is 1. The summed E-state index contributed by atoms with van der Waals surface area (Å²) in [5.74, 6) is -1.11. The maximum Gasteiger partial charge on any atom is 0.252 e. The van der Waals surface area contributed by atoms with Gasteiger partial charge in [0.2, 0.25) is 0 Å². The van der Waals surface area contributed by atoms with Gasteiger partial charge >= 0.3 is 0 Å². The van der Waals surface area contributed by atoms with Crippen LogP contribution in [0.5, 0.6) is 11.5 Å². The Morgan fingerprint density at radius 1 is 1.39 bits per heavy atom. The highest BCUT2D eigenvalue weighted by Gasteiger charge is 2.16. The molecule has 0 fully saturated rings. The van der Waals surface area contributed by atoms with Gasteiger partial charge in [0.05, 0.1) is 6.04 Å². The summed E-state index contributed by atoms with van der Waals surface area (Å²) in [7, 11) is 0. The Labute approximate surface area is 104 Å². The van der Waals surface area contributed by atoms with Gasteiger partial charge in [0.25, 0.3) is 5.91 Å². The van der Waals surface area contributed by atoms with Crippen molar-refractivity contribution in [1.29, 1.82) is 0 Å². The van der Waals surface area contributed by atoms with E-state index in [4.69, 9.17) is 10.9 Å². The summed E-state index contributed by atoms with van der Waals surface area (Å²) < 4.78 is 0. The molecular formula is C11H15N3O4. The Kier molecular flexibility index (Phi) is 4.36. The summed E-state index contributed by atoms with van der Waals surface area (Å²) in [6.07, 6.45) is 0.437. The van der Waals surface area contributed by atoms with Crippen LogP contribution < -0.4 is 11.1 Å². The molecule has 1 amide bonds. The highest BCUT2D eigenvalue weighted by molar-refractivity contribution is 5.98. The van der Waals surface area contributed by atoms with Crippen molar-refractivity contribution in [2.45, 2.75) is 19.4 Å². The minimum atomic E-state index is -0.619. The third-order valence-electron chi connectivity index (χ3n) is 2.35. The lowest BCUT2D eigenvalue weighted by Crippen LogP contribution is -2.44. The second kappa shape index (κ2) is 5.76. The fraction of sp³-hybridized carbons (Fsp3) is 0.273. The van der Waals surface area contributed by atoms with E-state index < -0.39 is 11.9 Å². The predicted molar refractivity (Wildman–Crippen MR) is 64.7 cm³/mol. The minimum absolute atomic E-state index is 0.0803. The fourth-order valence-corrected chi connectivity index (χ4v) is 1.42. The number of carbonyl (C=O) groups is 1. The van der Waals surface area contributed by atoms with Crippen LogP contribution in [0, 0.1) is 0 Å². The molecular weight excluding hydrogens is 238 g/mol. The molecule has 0 heterocycles. The van der Waals surface area contributed by atoms with E-state index >= 15 is 0 Å². The van der Waals surface area contributed by atoms with E-state index in [0.717, 1.165) is 6.07 Å². The van der Waals surface area contributed by atoms with E-state index in [9.17, 15) is 15.0 Å². The molecule has 0 bridgehead atoms. The van der Waals surface area contributed by atoms with Crippen molar-refractivity contribution in [2.24, 2.45) is 10.9 Å². The third kappa shape index (κ3) is 3.27. The van der Waals surface area contributed by atoms with Crippen LogP contribution in [0.2, 0.25) is 0 Å². The first kappa shape index (κ1) is 13.6. The average molecular weight is 253 g/mol. The second-order valence-electron chi connectivity index (χ2n) is 3.70. The fourth-order valence-electron chi connectivity index (χ4n) is 1.42. The zero-order valence-electron chi connectivity index (χ0n) is 9.79. The van der Waals surface area contributed by atoms with Gasteiger partial charge in [0.1, 0.15) is 11.5 Å². The van der Waals surface area contributed by atoms with Gasteiger partial charge < -0.3 is 26.5 Å². The molecule has 0 radical (unpaired) electrons. The number of nitrogens with zero attached hydrogens (tertiary/aromatic N) is 1. The number of hydrogen-bond donors (Lipinski definition) is 5. The first-order valence-electron chi connectivity index (χ1n) is 5.29.